The Morgan fingerprint density at radius 2 is 2.31 bits per heavy atom. The Kier molecular flexibility index (Phi) is 5.76. The number of nitrogens with one attached hydrogen (secondary N) is 2. The van der Waals surface area contributed by atoms with Gasteiger partial charge in [0.2, 0.25) is 0 Å². The minimum Gasteiger partial charge on any atom is -0.332 e. The molecule has 0 aromatic carbocycles. The predicted molar refractivity (Wildman–Crippen MR) is 101 cm³/mol. The number of hydrogen-bond acceptors (Lipinski definition) is 5. The SMILES string of the molecule is CC1=CNC(=NCCCn2cncn2)N/C1=C(/C#N)c1cccc(Br)n1. The molecule has 2 aromatic rings. The molecule has 0 spiro atoms. The molecule has 0 saturated heterocycles. The Balaban J connectivity index is 1.75. The second-order valence-corrected chi connectivity index (χ2v) is 6.36. The van der Waals surface area contributed by atoms with Gasteiger partial charge in [0, 0.05) is 19.3 Å². The fraction of sp³-hybridized carbons (Fsp3) is 0.235. The van der Waals surface area contributed by atoms with Gasteiger partial charge in [-0.05, 0) is 47.0 Å². The number of nitrogens with zero attached hydrogens (tertiary/aromatic N) is 6. The molecule has 3 rings (SSSR count). The zero-order valence-corrected chi connectivity index (χ0v) is 15.7. The van der Waals surface area contributed by atoms with Gasteiger partial charge in [-0.15, -0.1) is 0 Å². The highest BCUT2D eigenvalue weighted by Crippen LogP contribution is 2.22. The van der Waals surface area contributed by atoms with Crippen LogP contribution in [0.3, 0.4) is 0 Å². The average molecular weight is 413 g/mol. The molecule has 0 bridgehead atoms. The van der Waals surface area contributed by atoms with Crippen LogP contribution in [0, 0.1) is 11.3 Å². The van der Waals surface area contributed by atoms with Crippen LogP contribution >= 0.6 is 15.9 Å². The zero-order chi connectivity index (χ0) is 18.4. The highest BCUT2D eigenvalue weighted by Gasteiger charge is 2.17. The predicted octanol–water partition coefficient (Wildman–Crippen LogP) is 2.21. The number of rotatable bonds is 5. The summed E-state index contributed by atoms with van der Waals surface area (Å²) in [6, 6.07) is 7.73. The molecule has 9 heteroatoms. The van der Waals surface area contributed by atoms with Crippen molar-refractivity contribution in [3.8, 4) is 6.07 Å². The van der Waals surface area contributed by atoms with E-state index in [0.29, 0.717) is 34.1 Å². The van der Waals surface area contributed by atoms with Crippen LogP contribution in [0.15, 0.2) is 57.9 Å². The van der Waals surface area contributed by atoms with Crippen LogP contribution in [-0.4, -0.2) is 32.3 Å². The summed E-state index contributed by atoms with van der Waals surface area (Å²) in [4.78, 5) is 12.8. The van der Waals surface area contributed by atoms with Crippen molar-refractivity contribution in [3.63, 3.8) is 0 Å². The van der Waals surface area contributed by atoms with E-state index in [1.54, 1.807) is 11.0 Å². The molecule has 0 unspecified atom stereocenters. The molecular weight excluding hydrogens is 396 g/mol. The van der Waals surface area contributed by atoms with Gasteiger partial charge in [-0.25, -0.2) is 9.97 Å². The van der Waals surface area contributed by atoms with E-state index in [0.717, 1.165) is 18.5 Å². The van der Waals surface area contributed by atoms with Crippen LogP contribution in [0.5, 0.6) is 0 Å². The molecule has 8 nitrogen and oxygen atoms in total. The Hall–Kier alpha value is -2.99. The number of hydrogen-bond donors (Lipinski definition) is 2. The van der Waals surface area contributed by atoms with Crippen LogP contribution < -0.4 is 10.6 Å². The van der Waals surface area contributed by atoms with E-state index < -0.39 is 0 Å². The fourth-order valence-corrected chi connectivity index (χ4v) is 2.75. The van der Waals surface area contributed by atoms with Gasteiger partial charge in [-0.1, -0.05) is 6.07 Å². The van der Waals surface area contributed by atoms with E-state index >= 15 is 0 Å². The summed E-state index contributed by atoms with van der Waals surface area (Å²) >= 11 is 3.34. The summed E-state index contributed by atoms with van der Waals surface area (Å²) in [6.07, 6.45) is 5.86. The Morgan fingerprint density at radius 3 is 3.04 bits per heavy atom. The van der Waals surface area contributed by atoms with Crippen molar-refractivity contribution in [2.24, 2.45) is 4.99 Å². The Bertz CT molecular complexity index is 905. The molecule has 0 aliphatic carbocycles. The maximum atomic E-state index is 9.64. The molecule has 0 saturated carbocycles. The summed E-state index contributed by atoms with van der Waals surface area (Å²) < 4.78 is 2.45. The summed E-state index contributed by atoms with van der Waals surface area (Å²) in [5.74, 6) is 0.604. The first-order chi connectivity index (χ1) is 12.7. The average Bonchev–Trinajstić information content (AvgIpc) is 3.15. The lowest BCUT2D eigenvalue weighted by Crippen LogP contribution is -2.39. The maximum absolute atomic E-state index is 9.64. The molecule has 26 heavy (non-hydrogen) atoms. The number of allylic oxidation sites excluding steroid dienone is 2. The van der Waals surface area contributed by atoms with Gasteiger partial charge in [0.15, 0.2) is 5.96 Å². The van der Waals surface area contributed by atoms with Gasteiger partial charge in [-0.2, -0.15) is 10.4 Å². The number of guanidine groups is 1. The van der Waals surface area contributed by atoms with Crippen LogP contribution in [0.2, 0.25) is 0 Å². The quantitative estimate of drug-likeness (QED) is 0.443. The molecule has 2 aromatic heterocycles. The highest BCUT2D eigenvalue weighted by atomic mass is 79.9. The van der Waals surface area contributed by atoms with Gasteiger partial charge in [-0.3, -0.25) is 9.67 Å². The fourth-order valence-electron chi connectivity index (χ4n) is 2.41. The molecule has 132 valence electrons. The first-order valence-corrected chi connectivity index (χ1v) is 8.81. The zero-order valence-electron chi connectivity index (χ0n) is 14.1. The minimum atomic E-state index is 0.469. The second-order valence-electron chi connectivity index (χ2n) is 5.55. The van der Waals surface area contributed by atoms with Crippen molar-refractivity contribution in [3.05, 3.63) is 58.6 Å². The number of halogens is 1. The van der Waals surface area contributed by atoms with Crippen LogP contribution in [0.25, 0.3) is 5.57 Å². The second kappa shape index (κ2) is 8.40. The molecular formula is C17H17BrN8. The van der Waals surface area contributed by atoms with E-state index in [-0.39, 0.29) is 0 Å². The number of nitriles is 1. The van der Waals surface area contributed by atoms with Gasteiger partial charge in [0.25, 0.3) is 0 Å². The number of pyridine rings is 1. The van der Waals surface area contributed by atoms with Crippen molar-refractivity contribution in [2.75, 3.05) is 6.54 Å². The van der Waals surface area contributed by atoms with Gasteiger partial charge < -0.3 is 10.6 Å². The lowest BCUT2D eigenvalue weighted by Gasteiger charge is -2.21. The van der Waals surface area contributed by atoms with E-state index in [9.17, 15) is 5.26 Å². The third-order valence-corrected chi connectivity index (χ3v) is 4.12. The lowest BCUT2D eigenvalue weighted by molar-refractivity contribution is 0.583. The number of aromatic nitrogens is 4. The monoisotopic (exact) mass is 412 g/mol. The van der Waals surface area contributed by atoms with E-state index in [4.69, 9.17) is 0 Å². The molecule has 0 amide bonds. The summed E-state index contributed by atoms with van der Waals surface area (Å²) in [5, 5.41) is 20.0. The van der Waals surface area contributed by atoms with Gasteiger partial charge >= 0.3 is 0 Å². The largest absolute Gasteiger partial charge is 0.332 e. The third kappa shape index (κ3) is 4.34. The molecule has 0 fully saturated rings. The molecule has 1 aliphatic heterocycles. The number of aliphatic imine (C=N–C) groups is 1. The summed E-state index contributed by atoms with van der Waals surface area (Å²) in [6.45, 7) is 3.29. The van der Waals surface area contributed by atoms with Crippen molar-refractivity contribution in [2.45, 2.75) is 19.9 Å². The normalized spacial score (nSPS) is 17.1. The van der Waals surface area contributed by atoms with Crippen molar-refractivity contribution in [1.82, 2.24) is 30.4 Å². The minimum absolute atomic E-state index is 0.469. The third-order valence-electron chi connectivity index (χ3n) is 3.68. The first-order valence-electron chi connectivity index (χ1n) is 8.02. The Morgan fingerprint density at radius 1 is 1.42 bits per heavy atom. The molecule has 0 atom stereocenters. The molecule has 0 radical (unpaired) electrons. The molecule has 2 N–H and O–H groups in total. The lowest BCUT2D eigenvalue weighted by atomic mass is 10.1. The van der Waals surface area contributed by atoms with Crippen LogP contribution in [0.1, 0.15) is 19.0 Å². The molecule has 1 aliphatic rings. The van der Waals surface area contributed by atoms with Gasteiger partial charge in [0.1, 0.15) is 28.9 Å². The first kappa shape index (κ1) is 17.8. The van der Waals surface area contributed by atoms with E-state index in [1.807, 2.05) is 31.3 Å². The molecule has 3 heterocycles. The topological polar surface area (TPSA) is 104 Å². The van der Waals surface area contributed by atoms with Crippen molar-refractivity contribution >= 4 is 27.5 Å². The van der Waals surface area contributed by atoms with Crippen molar-refractivity contribution in [1.29, 1.82) is 5.26 Å². The summed E-state index contributed by atoms with van der Waals surface area (Å²) in [5.41, 5.74) is 2.68. The standard InChI is InChI=1S/C17H17BrN8/c1-12-9-22-17(21-6-3-7-26-11-20-10-23-26)25-16(12)13(8-19)14-4-2-5-15(18)24-14/h2,4-5,9-11H,3,6-7H2,1H3,(H2,21,22,25)/b16-13-. The van der Waals surface area contributed by atoms with Gasteiger partial charge in [0.05, 0.1) is 11.4 Å². The van der Waals surface area contributed by atoms with Crippen LogP contribution in [-0.2, 0) is 6.54 Å². The summed E-state index contributed by atoms with van der Waals surface area (Å²) in [7, 11) is 0. The van der Waals surface area contributed by atoms with Crippen molar-refractivity contribution < 1.29 is 0 Å². The maximum Gasteiger partial charge on any atom is 0.199 e. The van der Waals surface area contributed by atoms with E-state index in [1.165, 1.54) is 6.33 Å². The smallest absolute Gasteiger partial charge is 0.199 e. The highest BCUT2D eigenvalue weighted by molar-refractivity contribution is 9.10. The number of aryl methyl sites for hydroxylation is 1. The van der Waals surface area contributed by atoms with E-state index in [2.05, 4.69) is 52.7 Å². The Labute approximate surface area is 159 Å². The van der Waals surface area contributed by atoms with Crippen LogP contribution in [0.4, 0.5) is 0 Å².